The van der Waals surface area contributed by atoms with E-state index < -0.39 is 12.1 Å². The van der Waals surface area contributed by atoms with Crippen molar-refractivity contribution in [2.45, 2.75) is 411 Å². The fourth-order valence-electron chi connectivity index (χ4n) is 11.4. The van der Waals surface area contributed by atoms with E-state index in [0.29, 0.717) is 19.4 Å². The smallest absolute Gasteiger partial charge is 0.305 e. The van der Waals surface area contributed by atoms with Crippen LogP contribution in [0.15, 0.2) is 48.6 Å². The van der Waals surface area contributed by atoms with E-state index in [9.17, 15) is 19.8 Å². The molecule has 0 radical (unpaired) electrons. The number of amides is 1. The fourth-order valence-corrected chi connectivity index (χ4v) is 11.4. The lowest BCUT2D eigenvalue weighted by molar-refractivity contribution is -0.143. The van der Waals surface area contributed by atoms with Crippen LogP contribution in [0.1, 0.15) is 399 Å². The molecule has 0 rings (SSSR count). The highest BCUT2D eigenvalue weighted by molar-refractivity contribution is 5.76. The van der Waals surface area contributed by atoms with Gasteiger partial charge < -0.3 is 20.3 Å². The second kappa shape index (κ2) is 71.3. The van der Waals surface area contributed by atoms with Crippen LogP contribution in [0, 0.1) is 0 Å². The number of hydrogen-bond donors (Lipinski definition) is 3. The Hall–Kier alpha value is -2.18. The molecule has 82 heavy (non-hydrogen) atoms. The summed E-state index contributed by atoms with van der Waals surface area (Å²) in [5, 5.41) is 23.2. The first-order valence-corrected chi connectivity index (χ1v) is 36.9. The second-order valence-corrected chi connectivity index (χ2v) is 25.3. The van der Waals surface area contributed by atoms with Gasteiger partial charge in [0.25, 0.3) is 0 Å². The Balaban J connectivity index is 3.38. The number of hydrogen-bond acceptors (Lipinski definition) is 5. The molecule has 0 saturated heterocycles. The maximum atomic E-state index is 12.5. The highest BCUT2D eigenvalue weighted by Gasteiger charge is 2.18. The van der Waals surface area contributed by atoms with Gasteiger partial charge in [0.1, 0.15) is 0 Å². The second-order valence-electron chi connectivity index (χ2n) is 25.3. The Labute approximate surface area is 512 Å². The quantitative estimate of drug-likeness (QED) is 0.0320. The van der Waals surface area contributed by atoms with Crippen molar-refractivity contribution in [2.75, 3.05) is 13.2 Å². The number of carbonyl (C=O) groups is 2. The van der Waals surface area contributed by atoms with E-state index in [0.717, 1.165) is 51.4 Å². The molecule has 0 heterocycles. The summed E-state index contributed by atoms with van der Waals surface area (Å²) < 4.78 is 5.49. The molecule has 0 fully saturated rings. The van der Waals surface area contributed by atoms with Crippen molar-refractivity contribution in [3.05, 3.63) is 48.6 Å². The Morgan fingerprint density at radius 1 is 0.341 bits per heavy atom. The number of aliphatic hydroxyl groups excluding tert-OH is 2. The third-order valence-corrected chi connectivity index (χ3v) is 17.1. The first-order chi connectivity index (χ1) is 40.5. The molecule has 2 atom stereocenters. The number of rotatable bonds is 69. The zero-order chi connectivity index (χ0) is 59.2. The molecule has 0 aliphatic rings. The van der Waals surface area contributed by atoms with E-state index in [2.05, 4.69) is 55.6 Å². The predicted octanol–water partition coefficient (Wildman–Crippen LogP) is 24.0. The van der Waals surface area contributed by atoms with Gasteiger partial charge >= 0.3 is 5.97 Å². The minimum Gasteiger partial charge on any atom is -0.466 e. The molecule has 0 aliphatic carbocycles. The maximum Gasteiger partial charge on any atom is 0.305 e. The van der Waals surface area contributed by atoms with Crippen LogP contribution < -0.4 is 5.32 Å². The van der Waals surface area contributed by atoms with Crippen LogP contribution in [0.3, 0.4) is 0 Å². The van der Waals surface area contributed by atoms with E-state index in [-0.39, 0.29) is 18.5 Å². The number of carbonyl (C=O) groups excluding carboxylic acids is 2. The highest BCUT2D eigenvalue weighted by atomic mass is 16.5. The molecular formula is C76H143NO5. The van der Waals surface area contributed by atoms with Crippen LogP contribution in [-0.4, -0.2) is 47.4 Å². The van der Waals surface area contributed by atoms with Crippen molar-refractivity contribution in [3.63, 3.8) is 0 Å². The lowest BCUT2D eigenvalue weighted by Crippen LogP contribution is -2.45. The van der Waals surface area contributed by atoms with Crippen molar-refractivity contribution in [1.82, 2.24) is 5.32 Å². The van der Waals surface area contributed by atoms with Gasteiger partial charge in [0.15, 0.2) is 0 Å². The lowest BCUT2D eigenvalue weighted by atomic mass is 10.0. The topological polar surface area (TPSA) is 95.9 Å². The van der Waals surface area contributed by atoms with Crippen molar-refractivity contribution < 1.29 is 24.5 Å². The number of unbranched alkanes of at least 4 members (excludes halogenated alkanes) is 52. The van der Waals surface area contributed by atoms with Gasteiger partial charge in [0, 0.05) is 12.8 Å². The first kappa shape index (κ1) is 79.8. The van der Waals surface area contributed by atoms with Crippen LogP contribution in [0.25, 0.3) is 0 Å². The molecule has 0 aromatic carbocycles. The SMILES string of the molecule is CCCCC/C=C\C/C=C\CCCCCCCC(=O)OCCCCCCCCCCCCCC/C=C\CCCCCCCCCCCCCCCCCCC(=O)NC(CO)C(O)/C=C/CCCCCCCCCCCCCCCCCC. The summed E-state index contributed by atoms with van der Waals surface area (Å²) >= 11 is 0. The zero-order valence-electron chi connectivity index (χ0n) is 55.2. The number of esters is 1. The Kier molecular flexibility index (Phi) is 69.4. The van der Waals surface area contributed by atoms with Gasteiger partial charge in [0.05, 0.1) is 25.4 Å². The van der Waals surface area contributed by atoms with Gasteiger partial charge in [-0.05, 0) is 89.9 Å². The molecule has 0 spiro atoms. The summed E-state index contributed by atoms with van der Waals surface area (Å²) in [6.45, 7) is 4.90. The molecule has 3 N–H and O–H groups in total. The van der Waals surface area contributed by atoms with Crippen molar-refractivity contribution >= 4 is 11.9 Å². The molecule has 1 amide bonds. The molecule has 0 bridgehead atoms. The van der Waals surface area contributed by atoms with Crippen LogP contribution in [0.4, 0.5) is 0 Å². The normalized spacial score (nSPS) is 12.8. The zero-order valence-corrected chi connectivity index (χ0v) is 55.2. The largest absolute Gasteiger partial charge is 0.466 e. The Morgan fingerprint density at radius 3 is 0.963 bits per heavy atom. The van der Waals surface area contributed by atoms with E-state index in [1.165, 1.54) is 321 Å². The van der Waals surface area contributed by atoms with Gasteiger partial charge in [-0.2, -0.15) is 0 Å². The van der Waals surface area contributed by atoms with Crippen molar-refractivity contribution in [1.29, 1.82) is 0 Å². The van der Waals surface area contributed by atoms with E-state index in [4.69, 9.17) is 4.74 Å². The third kappa shape index (κ3) is 67.0. The summed E-state index contributed by atoms with van der Waals surface area (Å²) in [6, 6.07) is -0.627. The molecule has 0 aromatic heterocycles. The maximum absolute atomic E-state index is 12.5. The van der Waals surface area contributed by atoms with Gasteiger partial charge in [-0.25, -0.2) is 0 Å². The van der Waals surface area contributed by atoms with Crippen molar-refractivity contribution in [2.24, 2.45) is 0 Å². The standard InChI is InChI=1S/C76H143NO5/c1-3-5-7-9-11-13-15-17-19-20-37-41-44-48-52-56-60-64-68-74(79)73(72-78)77-75(80)69-65-61-57-53-49-45-42-38-35-33-31-29-27-25-23-21-22-24-26-28-30-32-34-36-39-43-47-51-55-59-63-67-71-82-76(81)70-66-62-58-54-50-46-40-18-16-14-12-10-8-6-4-2/h12,14,18,24,26,40,64,68,73-74,78-79H,3-11,13,15-17,19-23,25,27-39,41-63,65-67,69-72H2,1-2H3,(H,77,80)/b14-12-,26-24-,40-18-,68-64+. The highest BCUT2D eigenvalue weighted by Crippen LogP contribution is 2.18. The van der Waals surface area contributed by atoms with Gasteiger partial charge in [-0.3, -0.25) is 9.59 Å². The molecule has 0 aliphatic heterocycles. The van der Waals surface area contributed by atoms with Gasteiger partial charge in [-0.1, -0.05) is 345 Å². The molecule has 0 saturated carbocycles. The minimum absolute atomic E-state index is 0.00406. The van der Waals surface area contributed by atoms with E-state index in [1.54, 1.807) is 6.08 Å². The number of nitrogens with one attached hydrogen (secondary N) is 1. The molecular weight excluding hydrogens is 1010 g/mol. The summed E-state index contributed by atoms with van der Waals surface area (Å²) in [5.74, 6) is -0.0584. The van der Waals surface area contributed by atoms with Gasteiger partial charge in [-0.15, -0.1) is 0 Å². The summed E-state index contributed by atoms with van der Waals surface area (Å²) in [7, 11) is 0. The third-order valence-electron chi connectivity index (χ3n) is 17.1. The van der Waals surface area contributed by atoms with E-state index in [1.807, 2.05) is 6.08 Å². The summed E-state index contributed by atoms with van der Waals surface area (Å²) in [6.07, 6.45) is 93.5. The van der Waals surface area contributed by atoms with Crippen molar-refractivity contribution in [3.8, 4) is 0 Å². The number of allylic oxidation sites excluding steroid dienone is 7. The summed E-state index contributed by atoms with van der Waals surface area (Å²) in [4.78, 5) is 24.6. The summed E-state index contributed by atoms with van der Waals surface area (Å²) in [5.41, 5.74) is 0. The molecule has 6 heteroatoms. The van der Waals surface area contributed by atoms with Crippen LogP contribution in [0.5, 0.6) is 0 Å². The fraction of sp³-hybridized carbons (Fsp3) is 0.868. The first-order valence-electron chi connectivity index (χ1n) is 36.9. The average molecular weight is 1150 g/mol. The molecule has 6 nitrogen and oxygen atoms in total. The lowest BCUT2D eigenvalue weighted by Gasteiger charge is -2.20. The predicted molar refractivity (Wildman–Crippen MR) is 361 cm³/mol. The number of aliphatic hydroxyl groups is 2. The minimum atomic E-state index is -0.844. The Bertz CT molecular complexity index is 1370. The molecule has 482 valence electrons. The van der Waals surface area contributed by atoms with Crippen LogP contribution in [-0.2, 0) is 14.3 Å². The van der Waals surface area contributed by atoms with Gasteiger partial charge in [0.2, 0.25) is 5.91 Å². The molecule has 2 unspecified atom stereocenters. The monoisotopic (exact) mass is 1150 g/mol. The average Bonchev–Trinajstić information content (AvgIpc) is 3.48. The Morgan fingerprint density at radius 2 is 0.610 bits per heavy atom. The van der Waals surface area contributed by atoms with E-state index >= 15 is 0 Å². The van der Waals surface area contributed by atoms with Crippen LogP contribution in [0.2, 0.25) is 0 Å². The van der Waals surface area contributed by atoms with Crippen LogP contribution >= 0.6 is 0 Å². The molecule has 0 aromatic rings. The number of ether oxygens (including phenoxy) is 1.